The van der Waals surface area contributed by atoms with Gasteiger partial charge >= 0.3 is 5.63 Å². The number of hydrogen-bond donors (Lipinski definition) is 0. The Balaban J connectivity index is 1.57. The summed E-state index contributed by atoms with van der Waals surface area (Å²) in [4.78, 5) is 12.1. The number of tetrazole rings is 1. The molecule has 0 unspecified atom stereocenters. The lowest BCUT2D eigenvalue weighted by Gasteiger charge is -2.09. The van der Waals surface area contributed by atoms with E-state index in [1.54, 1.807) is 10.7 Å². The van der Waals surface area contributed by atoms with Crippen LogP contribution in [0.3, 0.4) is 0 Å². The second-order valence-electron chi connectivity index (χ2n) is 6.25. The Hall–Kier alpha value is -3.45. The Bertz CT molecular complexity index is 1350. The lowest BCUT2D eigenvalue weighted by atomic mass is 10.0. The van der Waals surface area contributed by atoms with Crippen molar-refractivity contribution in [2.75, 3.05) is 0 Å². The molecule has 0 N–H and O–H groups in total. The topological polar surface area (TPSA) is 73.8 Å². The summed E-state index contributed by atoms with van der Waals surface area (Å²) in [5, 5.41) is 15.8. The molecule has 0 saturated heterocycles. The van der Waals surface area contributed by atoms with E-state index in [2.05, 4.69) is 15.5 Å². The molecule has 6 nitrogen and oxygen atoms in total. The van der Waals surface area contributed by atoms with Crippen LogP contribution in [0.1, 0.15) is 5.56 Å². The van der Waals surface area contributed by atoms with E-state index in [4.69, 9.17) is 4.42 Å². The summed E-state index contributed by atoms with van der Waals surface area (Å²) in [6.45, 7) is 0. The summed E-state index contributed by atoms with van der Waals surface area (Å²) in [6.07, 6.45) is 0. The number of fused-ring (bicyclic) bond motifs is 3. The molecule has 0 atom stereocenters. The van der Waals surface area contributed by atoms with Crippen molar-refractivity contribution in [3.05, 3.63) is 88.8 Å². The third kappa shape index (κ3) is 2.95. The van der Waals surface area contributed by atoms with Crippen molar-refractivity contribution in [3.8, 4) is 5.69 Å². The standard InChI is InChI=1S/C21H14N4O2S/c26-19-12-15(20-17-9-5-4-6-14(17)10-11-18(20)27-19)13-28-21-22-23-24-25(21)16-7-2-1-3-8-16/h1-12H,13H2. The van der Waals surface area contributed by atoms with Crippen LogP contribution in [0.2, 0.25) is 0 Å². The van der Waals surface area contributed by atoms with Crippen molar-refractivity contribution in [2.24, 2.45) is 0 Å². The van der Waals surface area contributed by atoms with Gasteiger partial charge in [-0.2, -0.15) is 4.68 Å². The van der Waals surface area contributed by atoms with Crippen molar-refractivity contribution >= 4 is 33.5 Å². The Morgan fingerprint density at radius 1 is 0.964 bits per heavy atom. The average molecular weight is 386 g/mol. The van der Waals surface area contributed by atoms with Crippen LogP contribution >= 0.6 is 11.8 Å². The fourth-order valence-electron chi connectivity index (χ4n) is 3.28. The molecule has 0 fully saturated rings. The molecule has 0 saturated carbocycles. The zero-order valence-corrected chi connectivity index (χ0v) is 15.5. The van der Waals surface area contributed by atoms with Crippen LogP contribution in [-0.2, 0) is 5.75 Å². The predicted octanol–water partition coefficient (Wildman–Crippen LogP) is 4.21. The minimum atomic E-state index is -0.360. The van der Waals surface area contributed by atoms with Crippen molar-refractivity contribution in [1.29, 1.82) is 0 Å². The van der Waals surface area contributed by atoms with Gasteiger partial charge in [-0.05, 0) is 45.0 Å². The molecule has 2 heterocycles. The molecular formula is C21H14N4O2S. The maximum atomic E-state index is 12.1. The molecule has 0 aliphatic carbocycles. The molecule has 28 heavy (non-hydrogen) atoms. The van der Waals surface area contributed by atoms with Gasteiger partial charge in [-0.1, -0.05) is 60.3 Å². The number of thioether (sulfide) groups is 1. The highest BCUT2D eigenvalue weighted by atomic mass is 32.2. The first-order valence-corrected chi connectivity index (χ1v) is 9.69. The van der Waals surface area contributed by atoms with E-state index in [1.807, 2.05) is 66.7 Å². The fraction of sp³-hybridized carbons (Fsp3) is 0.0476. The highest BCUT2D eigenvalue weighted by Crippen LogP contribution is 2.31. The Morgan fingerprint density at radius 2 is 1.79 bits per heavy atom. The molecule has 0 spiro atoms. The van der Waals surface area contributed by atoms with Crippen molar-refractivity contribution in [3.63, 3.8) is 0 Å². The summed E-state index contributed by atoms with van der Waals surface area (Å²) in [6, 6.07) is 23.2. The largest absolute Gasteiger partial charge is 0.423 e. The second-order valence-corrected chi connectivity index (χ2v) is 7.19. The molecule has 7 heteroatoms. The van der Waals surface area contributed by atoms with Crippen molar-refractivity contribution in [2.45, 2.75) is 10.9 Å². The normalized spacial score (nSPS) is 11.3. The third-order valence-corrected chi connectivity index (χ3v) is 5.48. The highest BCUT2D eigenvalue weighted by molar-refractivity contribution is 7.98. The molecule has 0 amide bonds. The summed E-state index contributed by atoms with van der Waals surface area (Å²) in [5.41, 5.74) is 2.01. The number of rotatable bonds is 4. The van der Waals surface area contributed by atoms with Gasteiger partial charge in [0.15, 0.2) is 0 Å². The summed E-state index contributed by atoms with van der Waals surface area (Å²) >= 11 is 1.48. The molecule has 0 radical (unpaired) electrons. The van der Waals surface area contributed by atoms with Gasteiger partial charge in [-0.25, -0.2) is 4.79 Å². The van der Waals surface area contributed by atoms with Crippen LogP contribution in [-0.4, -0.2) is 20.2 Å². The van der Waals surface area contributed by atoms with Gasteiger partial charge in [0.2, 0.25) is 5.16 Å². The molecule has 0 bridgehead atoms. The van der Waals surface area contributed by atoms with Crippen LogP contribution < -0.4 is 5.63 Å². The molecular weight excluding hydrogens is 372 g/mol. The van der Waals surface area contributed by atoms with Crippen LogP contribution in [0.5, 0.6) is 0 Å². The van der Waals surface area contributed by atoms with Gasteiger partial charge in [0.25, 0.3) is 0 Å². The van der Waals surface area contributed by atoms with E-state index in [-0.39, 0.29) is 5.63 Å². The number of nitrogens with zero attached hydrogens (tertiary/aromatic N) is 4. The quantitative estimate of drug-likeness (QED) is 0.262. The minimum Gasteiger partial charge on any atom is -0.423 e. The number of aromatic nitrogens is 4. The maximum Gasteiger partial charge on any atom is 0.336 e. The average Bonchev–Trinajstić information content (AvgIpc) is 3.21. The number of benzene rings is 3. The monoisotopic (exact) mass is 386 g/mol. The van der Waals surface area contributed by atoms with E-state index in [0.29, 0.717) is 16.5 Å². The Kier molecular flexibility index (Phi) is 4.14. The van der Waals surface area contributed by atoms with Gasteiger partial charge in [0.1, 0.15) is 5.58 Å². The van der Waals surface area contributed by atoms with Crippen LogP contribution in [0.15, 0.2) is 87.2 Å². The first kappa shape index (κ1) is 16.7. The van der Waals surface area contributed by atoms with Gasteiger partial charge in [0, 0.05) is 17.2 Å². The number of para-hydroxylation sites is 1. The summed E-state index contributed by atoms with van der Waals surface area (Å²) < 4.78 is 7.12. The Morgan fingerprint density at radius 3 is 2.68 bits per heavy atom. The molecule has 5 aromatic rings. The van der Waals surface area contributed by atoms with Crippen molar-refractivity contribution < 1.29 is 4.42 Å². The SMILES string of the molecule is O=c1cc(CSc2nnnn2-c2ccccc2)c2c(ccc3ccccc32)o1. The summed E-state index contributed by atoms with van der Waals surface area (Å²) in [5.74, 6) is 0.545. The van der Waals surface area contributed by atoms with E-state index in [1.165, 1.54) is 11.8 Å². The molecule has 5 rings (SSSR count). The minimum absolute atomic E-state index is 0.360. The first-order valence-electron chi connectivity index (χ1n) is 8.71. The van der Waals surface area contributed by atoms with E-state index < -0.39 is 0 Å². The Labute approximate surface area is 163 Å². The fourth-order valence-corrected chi connectivity index (χ4v) is 4.15. The smallest absolute Gasteiger partial charge is 0.336 e. The zero-order chi connectivity index (χ0) is 18.9. The molecule has 0 aliphatic heterocycles. The molecule has 0 aliphatic rings. The molecule has 2 aromatic heterocycles. The van der Waals surface area contributed by atoms with Crippen LogP contribution in [0.25, 0.3) is 27.4 Å². The van der Waals surface area contributed by atoms with E-state index in [9.17, 15) is 4.79 Å². The summed E-state index contributed by atoms with van der Waals surface area (Å²) in [7, 11) is 0. The first-order chi connectivity index (χ1) is 13.8. The molecule has 136 valence electrons. The highest BCUT2D eigenvalue weighted by Gasteiger charge is 2.13. The van der Waals surface area contributed by atoms with Crippen molar-refractivity contribution in [1.82, 2.24) is 20.2 Å². The number of hydrogen-bond acceptors (Lipinski definition) is 6. The van der Waals surface area contributed by atoms with Crippen LogP contribution in [0.4, 0.5) is 0 Å². The van der Waals surface area contributed by atoms with Gasteiger partial charge < -0.3 is 4.42 Å². The van der Waals surface area contributed by atoms with E-state index in [0.717, 1.165) is 27.4 Å². The van der Waals surface area contributed by atoms with Gasteiger partial charge in [-0.3, -0.25) is 0 Å². The third-order valence-electron chi connectivity index (χ3n) is 4.51. The second kappa shape index (κ2) is 6.94. The maximum absolute atomic E-state index is 12.1. The van der Waals surface area contributed by atoms with Gasteiger partial charge in [0.05, 0.1) is 5.69 Å². The lowest BCUT2D eigenvalue weighted by Crippen LogP contribution is -2.02. The van der Waals surface area contributed by atoms with Crippen LogP contribution in [0, 0.1) is 0 Å². The van der Waals surface area contributed by atoms with Gasteiger partial charge in [-0.15, -0.1) is 5.10 Å². The zero-order valence-electron chi connectivity index (χ0n) is 14.6. The molecule has 3 aromatic carbocycles. The lowest BCUT2D eigenvalue weighted by molar-refractivity contribution is 0.560. The predicted molar refractivity (Wildman–Crippen MR) is 109 cm³/mol. The van der Waals surface area contributed by atoms with E-state index >= 15 is 0 Å².